The van der Waals surface area contributed by atoms with Crippen molar-refractivity contribution in [3.05, 3.63) is 28.8 Å². The van der Waals surface area contributed by atoms with Crippen molar-refractivity contribution in [1.29, 1.82) is 0 Å². The number of anilines is 1. The van der Waals surface area contributed by atoms with Crippen LogP contribution in [0.5, 0.6) is 0 Å². The Balaban J connectivity index is 2.45. The zero-order valence-electron chi connectivity index (χ0n) is 9.26. The average molecular weight is 225 g/mol. The molecule has 1 aromatic rings. The van der Waals surface area contributed by atoms with Crippen LogP contribution in [0.25, 0.3) is 0 Å². The number of benzene rings is 1. The van der Waals surface area contributed by atoms with Gasteiger partial charge in [0.25, 0.3) is 0 Å². The van der Waals surface area contributed by atoms with Gasteiger partial charge in [0.15, 0.2) is 0 Å². The minimum Gasteiger partial charge on any atom is -0.368 e. The van der Waals surface area contributed by atoms with Crippen molar-refractivity contribution in [3.63, 3.8) is 0 Å². The molecule has 0 unspecified atom stereocenters. The van der Waals surface area contributed by atoms with Crippen LogP contribution >= 0.6 is 11.6 Å². The summed E-state index contributed by atoms with van der Waals surface area (Å²) in [6.45, 7) is 7.37. The molecule has 2 nitrogen and oxygen atoms in total. The Morgan fingerprint density at radius 2 is 2.20 bits per heavy atom. The van der Waals surface area contributed by atoms with E-state index in [1.54, 1.807) is 0 Å². The molecule has 82 valence electrons. The van der Waals surface area contributed by atoms with Gasteiger partial charge in [0, 0.05) is 41.9 Å². The average Bonchev–Trinajstić information content (AvgIpc) is 2.40. The van der Waals surface area contributed by atoms with E-state index in [0.29, 0.717) is 6.04 Å². The van der Waals surface area contributed by atoms with Crippen LogP contribution < -0.4 is 10.2 Å². The quantitative estimate of drug-likeness (QED) is 0.789. The van der Waals surface area contributed by atoms with E-state index in [4.69, 9.17) is 11.6 Å². The van der Waals surface area contributed by atoms with Crippen molar-refractivity contribution in [3.8, 4) is 0 Å². The predicted molar refractivity (Wildman–Crippen MR) is 65.6 cm³/mol. The highest BCUT2D eigenvalue weighted by atomic mass is 35.5. The molecular formula is C12H17ClN2. The normalized spacial score (nSPS) is 16.4. The summed E-state index contributed by atoms with van der Waals surface area (Å²) in [5.74, 6) is 0. The first-order valence-electron chi connectivity index (χ1n) is 5.45. The lowest BCUT2D eigenvalue weighted by Gasteiger charge is -2.28. The molecule has 1 aliphatic rings. The maximum absolute atomic E-state index is 6.22. The number of fused-ring (bicyclic) bond motifs is 1. The highest BCUT2D eigenvalue weighted by Gasteiger charge is 2.18. The number of nitrogens with one attached hydrogen (secondary N) is 1. The molecule has 0 atom stereocenters. The Labute approximate surface area is 96.2 Å². The van der Waals surface area contributed by atoms with E-state index in [-0.39, 0.29) is 0 Å². The lowest BCUT2D eigenvalue weighted by molar-refractivity contribution is 0.647. The molecule has 1 aromatic carbocycles. The molecule has 3 heteroatoms. The van der Waals surface area contributed by atoms with Gasteiger partial charge in [-0.2, -0.15) is 0 Å². The van der Waals surface area contributed by atoms with Gasteiger partial charge in [-0.1, -0.05) is 17.7 Å². The first kappa shape index (κ1) is 10.8. The Hall–Kier alpha value is -0.730. The van der Waals surface area contributed by atoms with E-state index < -0.39 is 0 Å². The third kappa shape index (κ3) is 2.11. The van der Waals surface area contributed by atoms with E-state index in [1.165, 1.54) is 11.3 Å². The summed E-state index contributed by atoms with van der Waals surface area (Å²) in [4.78, 5) is 2.40. The second-order valence-electron chi connectivity index (χ2n) is 4.20. The first-order valence-corrected chi connectivity index (χ1v) is 5.82. The van der Waals surface area contributed by atoms with E-state index in [0.717, 1.165) is 24.7 Å². The molecule has 0 aromatic heterocycles. The molecule has 0 amide bonds. The van der Waals surface area contributed by atoms with Gasteiger partial charge < -0.3 is 10.2 Å². The van der Waals surface area contributed by atoms with Gasteiger partial charge in [-0.05, 0) is 26.0 Å². The predicted octanol–water partition coefficient (Wildman–Crippen LogP) is 2.66. The monoisotopic (exact) mass is 224 g/mol. The largest absolute Gasteiger partial charge is 0.368 e. The molecule has 0 aliphatic carbocycles. The minimum atomic E-state index is 0.516. The lowest BCUT2D eigenvalue weighted by Crippen LogP contribution is -2.34. The lowest BCUT2D eigenvalue weighted by atomic mass is 10.1. The van der Waals surface area contributed by atoms with Crippen LogP contribution in [-0.4, -0.2) is 19.1 Å². The van der Waals surface area contributed by atoms with E-state index >= 15 is 0 Å². The molecule has 0 radical (unpaired) electrons. The summed E-state index contributed by atoms with van der Waals surface area (Å²) >= 11 is 6.22. The molecule has 0 saturated carbocycles. The second-order valence-corrected chi connectivity index (χ2v) is 4.61. The first-order chi connectivity index (χ1) is 7.20. The van der Waals surface area contributed by atoms with Gasteiger partial charge in [0.05, 0.1) is 0 Å². The van der Waals surface area contributed by atoms with Gasteiger partial charge in [0.2, 0.25) is 0 Å². The number of halogens is 1. The second kappa shape index (κ2) is 4.42. The van der Waals surface area contributed by atoms with Crippen molar-refractivity contribution in [2.24, 2.45) is 0 Å². The Morgan fingerprint density at radius 1 is 1.40 bits per heavy atom. The summed E-state index contributed by atoms with van der Waals surface area (Å²) in [5.41, 5.74) is 2.51. The molecule has 2 rings (SSSR count). The molecule has 0 bridgehead atoms. The van der Waals surface area contributed by atoms with Crippen LogP contribution in [0, 0.1) is 0 Å². The van der Waals surface area contributed by atoms with E-state index in [9.17, 15) is 0 Å². The molecule has 0 saturated heterocycles. The summed E-state index contributed by atoms with van der Waals surface area (Å²) in [6, 6.07) is 6.67. The summed E-state index contributed by atoms with van der Waals surface area (Å²) in [7, 11) is 0. The van der Waals surface area contributed by atoms with Gasteiger partial charge in [0.1, 0.15) is 0 Å². The molecule has 1 heterocycles. The van der Waals surface area contributed by atoms with Crippen molar-refractivity contribution in [2.45, 2.75) is 26.4 Å². The van der Waals surface area contributed by atoms with Crippen molar-refractivity contribution in [1.82, 2.24) is 5.32 Å². The van der Waals surface area contributed by atoms with E-state index in [2.05, 4.69) is 30.1 Å². The zero-order chi connectivity index (χ0) is 10.8. The molecular weight excluding hydrogens is 208 g/mol. The van der Waals surface area contributed by atoms with Crippen molar-refractivity contribution in [2.75, 3.05) is 18.0 Å². The smallest absolute Gasteiger partial charge is 0.0471 e. The molecule has 1 aliphatic heterocycles. The highest BCUT2D eigenvalue weighted by molar-refractivity contribution is 6.31. The van der Waals surface area contributed by atoms with Crippen LogP contribution in [0.15, 0.2) is 18.2 Å². The molecule has 0 fully saturated rings. The third-order valence-corrected chi connectivity index (χ3v) is 3.21. The highest BCUT2D eigenvalue weighted by Crippen LogP contribution is 2.29. The maximum Gasteiger partial charge on any atom is 0.0471 e. The van der Waals surface area contributed by atoms with Crippen molar-refractivity contribution < 1.29 is 0 Å². The van der Waals surface area contributed by atoms with Gasteiger partial charge in [-0.15, -0.1) is 0 Å². The van der Waals surface area contributed by atoms with Gasteiger partial charge in [-0.25, -0.2) is 0 Å². The van der Waals surface area contributed by atoms with E-state index in [1.807, 2.05) is 12.1 Å². The number of hydrogen-bond donors (Lipinski definition) is 1. The fourth-order valence-electron chi connectivity index (χ4n) is 2.06. The van der Waals surface area contributed by atoms with Crippen LogP contribution in [0.4, 0.5) is 5.69 Å². The fraction of sp³-hybridized carbons (Fsp3) is 0.500. The maximum atomic E-state index is 6.22. The molecule has 0 spiro atoms. The summed E-state index contributed by atoms with van der Waals surface area (Å²) in [6.07, 6.45) is 0. The minimum absolute atomic E-state index is 0.516. The fourth-order valence-corrected chi connectivity index (χ4v) is 2.30. The topological polar surface area (TPSA) is 15.3 Å². The van der Waals surface area contributed by atoms with Crippen LogP contribution in [0.3, 0.4) is 0 Å². The summed E-state index contributed by atoms with van der Waals surface area (Å²) < 4.78 is 0. The van der Waals surface area contributed by atoms with Crippen LogP contribution in [0.1, 0.15) is 19.4 Å². The van der Waals surface area contributed by atoms with Crippen LogP contribution in [-0.2, 0) is 6.54 Å². The molecule has 15 heavy (non-hydrogen) atoms. The Morgan fingerprint density at radius 3 is 2.93 bits per heavy atom. The van der Waals surface area contributed by atoms with Gasteiger partial charge in [-0.3, -0.25) is 0 Å². The number of nitrogens with zero attached hydrogens (tertiary/aromatic N) is 1. The standard InChI is InChI=1S/C12H17ClN2/c1-9(2)15-7-6-14-8-10-11(13)4-3-5-12(10)15/h3-5,9,14H,6-8H2,1-2H3. The SMILES string of the molecule is CC(C)N1CCNCc2c(Cl)cccc21. The zero-order valence-corrected chi connectivity index (χ0v) is 10.0. The summed E-state index contributed by atoms with van der Waals surface area (Å²) in [5, 5.41) is 4.27. The number of rotatable bonds is 1. The third-order valence-electron chi connectivity index (χ3n) is 2.86. The Kier molecular flexibility index (Phi) is 3.17. The number of hydrogen-bond acceptors (Lipinski definition) is 2. The van der Waals surface area contributed by atoms with Crippen molar-refractivity contribution >= 4 is 17.3 Å². The Bertz CT molecular complexity index is 349. The molecule has 1 N–H and O–H groups in total. The van der Waals surface area contributed by atoms with Crippen LogP contribution in [0.2, 0.25) is 5.02 Å². The van der Waals surface area contributed by atoms with Gasteiger partial charge >= 0.3 is 0 Å².